The van der Waals surface area contributed by atoms with Crippen molar-refractivity contribution in [2.75, 3.05) is 11.9 Å². The molecule has 1 aromatic rings. The first-order chi connectivity index (χ1) is 8.52. The summed E-state index contributed by atoms with van der Waals surface area (Å²) < 4.78 is 0. The van der Waals surface area contributed by atoms with E-state index in [0.29, 0.717) is 5.69 Å². The highest BCUT2D eigenvalue weighted by atomic mass is 32.1. The largest absolute Gasteiger partial charge is 0.392 e. The predicted octanol–water partition coefficient (Wildman–Crippen LogP) is 0.590. The first kappa shape index (κ1) is 14.1. The minimum Gasteiger partial charge on any atom is -0.392 e. The van der Waals surface area contributed by atoms with Gasteiger partial charge in [-0.2, -0.15) is 0 Å². The van der Waals surface area contributed by atoms with Gasteiger partial charge in [0.05, 0.1) is 11.5 Å². The number of nitrogens with two attached hydrogens (primary N) is 1. The third-order valence-electron chi connectivity index (χ3n) is 2.22. The van der Waals surface area contributed by atoms with Gasteiger partial charge in [-0.15, -0.1) is 0 Å². The van der Waals surface area contributed by atoms with E-state index in [1.165, 1.54) is 0 Å². The number of hydrogen-bond donors (Lipinski definition) is 3. The van der Waals surface area contributed by atoms with Gasteiger partial charge in [0.2, 0.25) is 0 Å². The Balaban J connectivity index is 2.58. The molecule has 96 valence electrons. The molecule has 4 N–H and O–H groups in total. The fourth-order valence-electron chi connectivity index (χ4n) is 1.30. The Bertz CT molecular complexity index is 474. The Morgan fingerprint density at radius 1 is 1.33 bits per heavy atom. The van der Waals surface area contributed by atoms with Crippen LogP contribution in [0.5, 0.6) is 0 Å². The molecule has 0 fully saturated rings. The molecule has 0 radical (unpaired) electrons. The lowest BCUT2D eigenvalue weighted by atomic mass is 10.1. The molecule has 0 saturated carbocycles. The second kappa shape index (κ2) is 6.70. The molecule has 0 aliphatic rings. The third kappa shape index (κ3) is 4.50. The smallest absolute Gasteiger partial charge is 0.313 e. The minimum absolute atomic E-state index is 0.0105. The van der Waals surface area contributed by atoms with Crippen LogP contribution in [0.4, 0.5) is 5.69 Å². The number of thiocarbonyl (C=S) groups is 1. The number of anilines is 1. The van der Waals surface area contributed by atoms with Crippen molar-refractivity contribution in [1.82, 2.24) is 5.32 Å². The maximum absolute atomic E-state index is 11.5. The van der Waals surface area contributed by atoms with Gasteiger partial charge in [0.25, 0.3) is 0 Å². The average molecular weight is 265 g/mol. The molecule has 0 spiro atoms. The van der Waals surface area contributed by atoms with Crippen LogP contribution in [-0.4, -0.2) is 23.3 Å². The molecule has 5 nitrogen and oxygen atoms in total. The normalized spacial score (nSPS) is 9.61. The molecule has 0 heterocycles. The SMILES string of the molecule is CCc1cccc(NC(=O)C(=O)NCC(N)=S)c1. The van der Waals surface area contributed by atoms with Crippen LogP contribution in [0.25, 0.3) is 0 Å². The molecule has 1 rings (SSSR count). The van der Waals surface area contributed by atoms with Crippen LogP contribution in [-0.2, 0) is 16.0 Å². The first-order valence-electron chi connectivity index (χ1n) is 5.49. The highest BCUT2D eigenvalue weighted by Crippen LogP contribution is 2.10. The number of rotatable bonds is 4. The van der Waals surface area contributed by atoms with E-state index in [1.54, 1.807) is 6.07 Å². The molecule has 0 unspecified atom stereocenters. The summed E-state index contributed by atoms with van der Waals surface area (Å²) in [4.78, 5) is 23.0. The van der Waals surface area contributed by atoms with E-state index in [1.807, 2.05) is 25.1 Å². The Labute approximate surface area is 111 Å². The van der Waals surface area contributed by atoms with Gasteiger partial charge in [0.15, 0.2) is 0 Å². The molecule has 0 aromatic heterocycles. The lowest BCUT2D eigenvalue weighted by molar-refractivity contribution is -0.135. The van der Waals surface area contributed by atoms with Crippen molar-refractivity contribution in [3.63, 3.8) is 0 Å². The summed E-state index contributed by atoms with van der Waals surface area (Å²) in [5.74, 6) is -1.50. The van der Waals surface area contributed by atoms with E-state index in [0.717, 1.165) is 12.0 Å². The first-order valence-corrected chi connectivity index (χ1v) is 5.90. The molecule has 1 aromatic carbocycles. The average Bonchev–Trinajstić information content (AvgIpc) is 2.36. The van der Waals surface area contributed by atoms with Gasteiger partial charge in [0, 0.05) is 5.69 Å². The van der Waals surface area contributed by atoms with Gasteiger partial charge in [-0.25, -0.2) is 0 Å². The van der Waals surface area contributed by atoms with Crippen LogP contribution in [0.3, 0.4) is 0 Å². The standard InChI is InChI=1S/C12H15N3O2S/c1-2-8-4-3-5-9(6-8)15-12(17)11(16)14-7-10(13)18/h3-6H,2,7H2,1H3,(H2,13,18)(H,14,16)(H,15,17). The van der Waals surface area contributed by atoms with Crippen molar-refractivity contribution < 1.29 is 9.59 Å². The van der Waals surface area contributed by atoms with Gasteiger partial charge in [-0.3, -0.25) is 9.59 Å². The van der Waals surface area contributed by atoms with Crippen LogP contribution >= 0.6 is 12.2 Å². The number of nitrogens with one attached hydrogen (secondary N) is 2. The molecular formula is C12H15N3O2S. The topological polar surface area (TPSA) is 84.2 Å². The number of carbonyl (C=O) groups is 2. The second-order valence-corrected chi connectivity index (χ2v) is 4.18. The molecule has 2 amide bonds. The monoisotopic (exact) mass is 265 g/mol. The maximum atomic E-state index is 11.5. The van der Waals surface area contributed by atoms with Gasteiger partial charge in [-0.05, 0) is 24.1 Å². The van der Waals surface area contributed by atoms with Crippen LogP contribution in [0, 0.1) is 0 Å². The van der Waals surface area contributed by atoms with Crippen molar-refractivity contribution >= 4 is 34.7 Å². The zero-order valence-electron chi connectivity index (χ0n) is 10.0. The van der Waals surface area contributed by atoms with E-state index < -0.39 is 11.8 Å². The molecular weight excluding hydrogens is 250 g/mol. The van der Waals surface area contributed by atoms with Crippen LogP contribution < -0.4 is 16.4 Å². The third-order valence-corrected chi connectivity index (χ3v) is 2.37. The summed E-state index contributed by atoms with van der Waals surface area (Å²) >= 11 is 4.59. The molecule has 0 aliphatic carbocycles. The Morgan fingerprint density at radius 3 is 2.67 bits per heavy atom. The fraction of sp³-hybridized carbons (Fsp3) is 0.250. The van der Waals surface area contributed by atoms with Crippen LogP contribution in [0.15, 0.2) is 24.3 Å². The number of aryl methyl sites for hydroxylation is 1. The van der Waals surface area contributed by atoms with Gasteiger partial charge in [0.1, 0.15) is 0 Å². The van der Waals surface area contributed by atoms with E-state index >= 15 is 0 Å². The summed E-state index contributed by atoms with van der Waals surface area (Å²) in [6, 6.07) is 7.31. The molecule has 0 saturated heterocycles. The van der Waals surface area contributed by atoms with Crippen molar-refractivity contribution in [3.05, 3.63) is 29.8 Å². The van der Waals surface area contributed by atoms with Crippen molar-refractivity contribution in [1.29, 1.82) is 0 Å². The van der Waals surface area contributed by atoms with Crippen LogP contribution in [0.2, 0.25) is 0 Å². The predicted molar refractivity (Wildman–Crippen MR) is 74.2 cm³/mol. The Morgan fingerprint density at radius 2 is 2.06 bits per heavy atom. The number of benzene rings is 1. The Kier molecular flexibility index (Phi) is 5.26. The molecule has 6 heteroatoms. The second-order valence-electron chi connectivity index (χ2n) is 3.66. The highest BCUT2D eigenvalue weighted by Gasteiger charge is 2.13. The van der Waals surface area contributed by atoms with E-state index in [4.69, 9.17) is 5.73 Å². The molecule has 0 aliphatic heterocycles. The molecule has 18 heavy (non-hydrogen) atoms. The van der Waals surface area contributed by atoms with Gasteiger partial charge < -0.3 is 16.4 Å². The van der Waals surface area contributed by atoms with Gasteiger partial charge in [-0.1, -0.05) is 31.3 Å². The Hall–Kier alpha value is -1.95. The summed E-state index contributed by atoms with van der Waals surface area (Å²) in [7, 11) is 0. The number of hydrogen-bond acceptors (Lipinski definition) is 3. The van der Waals surface area contributed by atoms with Crippen LogP contribution in [0.1, 0.15) is 12.5 Å². The van der Waals surface area contributed by atoms with Gasteiger partial charge >= 0.3 is 11.8 Å². The number of amides is 2. The summed E-state index contributed by atoms with van der Waals surface area (Å²) in [6.07, 6.45) is 0.858. The summed E-state index contributed by atoms with van der Waals surface area (Å²) in [6.45, 7) is 2.02. The summed E-state index contributed by atoms with van der Waals surface area (Å²) in [5, 5.41) is 4.82. The zero-order valence-corrected chi connectivity index (χ0v) is 10.8. The van der Waals surface area contributed by atoms with Crippen molar-refractivity contribution in [2.45, 2.75) is 13.3 Å². The van der Waals surface area contributed by atoms with E-state index in [-0.39, 0.29) is 11.5 Å². The molecule has 0 bridgehead atoms. The van der Waals surface area contributed by atoms with Crippen molar-refractivity contribution in [3.8, 4) is 0 Å². The lowest BCUT2D eigenvalue weighted by Gasteiger charge is -2.06. The van der Waals surface area contributed by atoms with E-state index in [9.17, 15) is 9.59 Å². The minimum atomic E-state index is -0.760. The lowest BCUT2D eigenvalue weighted by Crippen LogP contribution is -2.39. The maximum Gasteiger partial charge on any atom is 0.313 e. The molecule has 0 atom stereocenters. The fourth-order valence-corrected chi connectivity index (χ4v) is 1.38. The quantitative estimate of drug-likeness (QED) is 0.549. The number of carbonyl (C=O) groups excluding carboxylic acids is 2. The highest BCUT2D eigenvalue weighted by molar-refractivity contribution is 7.80. The zero-order chi connectivity index (χ0) is 13.5. The van der Waals surface area contributed by atoms with Crippen molar-refractivity contribution in [2.24, 2.45) is 5.73 Å². The van der Waals surface area contributed by atoms with E-state index in [2.05, 4.69) is 22.9 Å². The summed E-state index contributed by atoms with van der Waals surface area (Å²) in [5.41, 5.74) is 6.88.